The van der Waals surface area contributed by atoms with Crippen LogP contribution in [-0.4, -0.2) is 48.1 Å². The fourth-order valence-corrected chi connectivity index (χ4v) is 4.47. The number of hydrogen-bond donors (Lipinski definition) is 1. The summed E-state index contributed by atoms with van der Waals surface area (Å²) in [4.78, 5) is 27.4. The zero-order valence-corrected chi connectivity index (χ0v) is 18.8. The standard InChI is InChI=1S/C27H30N3O3/c1-33-27(31)25-19-24(28-18-17-21-11-5-2-6-12-21)20-29(25)30(32)26(22-13-7-3-8-14-22)23-15-9-4-10-16-23/h2-16,24-26,28H,17-20H2,1H3/q+1. The van der Waals surface area contributed by atoms with Gasteiger partial charge in [0.25, 0.3) is 6.04 Å². The lowest BCUT2D eigenvalue weighted by Gasteiger charge is -2.20. The number of rotatable bonds is 9. The van der Waals surface area contributed by atoms with E-state index in [-0.39, 0.29) is 12.0 Å². The van der Waals surface area contributed by atoms with Gasteiger partial charge >= 0.3 is 5.97 Å². The maximum absolute atomic E-state index is 13.8. The minimum atomic E-state index is -0.628. The fourth-order valence-electron chi connectivity index (χ4n) is 4.47. The van der Waals surface area contributed by atoms with Gasteiger partial charge in [0.05, 0.1) is 18.6 Å². The maximum atomic E-state index is 13.8. The Balaban J connectivity index is 1.53. The van der Waals surface area contributed by atoms with E-state index in [4.69, 9.17) is 4.74 Å². The number of esters is 1. The molecule has 6 nitrogen and oxygen atoms in total. The van der Waals surface area contributed by atoms with Gasteiger partial charge in [0, 0.05) is 23.6 Å². The molecule has 6 heteroatoms. The molecule has 3 aromatic rings. The summed E-state index contributed by atoms with van der Waals surface area (Å²) in [6.45, 7) is 1.21. The average Bonchev–Trinajstić information content (AvgIpc) is 3.30. The highest BCUT2D eigenvalue weighted by Crippen LogP contribution is 2.30. The van der Waals surface area contributed by atoms with Gasteiger partial charge in [-0.05, 0) is 18.5 Å². The quantitative estimate of drug-likeness (QED) is 0.400. The lowest BCUT2D eigenvalue weighted by molar-refractivity contribution is -0.734. The van der Waals surface area contributed by atoms with Crippen molar-refractivity contribution in [2.24, 2.45) is 0 Å². The number of ether oxygens (including phenoxy) is 1. The van der Waals surface area contributed by atoms with Crippen LogP contribution in [0.5, 0.6) is 0 Å². The summed E-state index contributed by atoms with van der Waals surface area (Å²) in [6.07, 6.45) is 1.41. The van der Waals surface area contributed by atoms with Gasteiger partial charge in [0.1, 0.15) is 4.87 Å². The van der Waals surface area contributed by atoms with E-state index >= 15 is 0 Å². The van der Waals surface area contributed by atoms with Crippen LogP contribution in [0.1, 0.15) is 29.2 Å². The van der Waals surface area contributed by atoms with Gasteiger partial charge in [-0.3, -0.25) is 0 Å². The highest BCUT2D eigenvalue weighted by molar-refractivity contribution is 5.76. The summed E-state index contributed by atoms with van der Waals surface area (Å²) >= 11 is 0. The third-order valence-electron chi connectivity index (χ3n) is 6.14. The molecule has 1 aliphatic heterocycles. The van der Waals surface area contributed by atoms with Crippen LogP contribution in [0.4, 0.5) is 0 Å². The first kappa shape index (κ1) is 22.7. The first-order valence-corrected chi connectivity index (χ1v) is 11.4. The Hall–Kier alpha value is -3.51. The van der Waals surface area contributed by atoms with E-state index < -0.39 is 12.1 Å². The zero-order chi connectivity index (χ0) is 23.0. The Bertz CT molecular complexity index is 1000. The number of hydrogen-bond acceptors (Lipinski definition) is 4. The predicted octanol–water partition coefficient (Wildman–Crippen LogP) is 3.92. The van der Waals surface area contributed by atoms with Gasteiger partial charge in [0.15, 0.2) is 6.04 Å². The van der Waals surface area contributed by atoms with Gasteiger partial charge < -0.3 is 10.1 Å². The molecule has 0 aromatic heterocycles. The molecule has 4 rings (SSSR count). The third kappa shape index (κ3) is 5.46. The van der Waals surface area contributed by atoms with E-state index in [1.165, 1.54) is 12.7 Å². The Labute approximate surface area is 194 Å². The fraction of sp³-hybridized carbons (Fsp3) is 0.296. The van der Waals surface area contributed by atoms with Crippen LogP contribution in [0, 0.1) is 4.91 Å². The molecule has 33 heavy (non-hydrogen) atoms. The smallest absolute Gasteiger partial charge is 0.334 e. The second-order valence-electron chi connectivity index (χ2n) is 8.31. The van der Waals surface area contributed by atoms with Gasteiger partial charge in [-0.2, -0.15) is 0 Å². The number of benzene rings is 3. The summed E-state index contributed by atoms with van der Waals surface area (Å²) in [7, 11) is 1.37. The molecule has 2 unspecified atom stereocenters. The van der Waals surface area contributed by atoms with E-state index in [1.807, 2.05) is 78.9 Å². The van der Waals surface area contributed by atoms with Crippen LogP contribution >= 0.6 is 0 Å². The Morgan fingerprint density at radius 1 is 0.970 bits per heavy atom. The second-order valence-corrected chi connectivity index (χ2v) is 8.31. The molecule has 170 valence electrons. The lowest BCUT2D eigenvalue weighted by atomic mass is 9.99. The molecule has 0 aliphatic carbocycles. The van der Waals surface area contributed by atoms with Crippen molar-refractivity contribution in [1.29, 1.82) is 0 Å². The Morgan fingerprint density at radius 3 is 2.06 bits per heavy atom. The van der Waals surface area contributed by atoms with Gasteiger partial charge in [-0.25, -0.2) is 4.79 Å². The van der Waals surface area contributed by atoms with Crippen LogP contribution in [0.25, 0.3) is 0 Å². The number of nitrogens with one attached hydrogen (secondary N) is 1. The third-order valence-corrected chi connectivity index (χ3v) is 6.14. The number of nitrogens with zero attached hydrogens (tertiary/aromatic N) is 2. The molecule has 1 aliphatic rings. The van der Waals surface area contributed by atoms with Crippen molar-refractivity contribution >= 4 is 5.97 Å². The largest absolute Gasteiger partial charge is 0.467 e. The molecule has 1 saturated heterocycles. The summed E-state index contributed by atoms with van der Waals surface area (Å²) in [5.41, 5.74) is 3.01. The predicted molar refractivity (Wildman–Crippen MR) is 127 cm³/mol. The van der Waals surface area contributed by atoms with Crippen molar-refractivity contribution in [3.05, 3.63) is 113 Å². The molecule has 0 radical (unpaired) electrons. The molecule has 0 saturated carbocycles. The highest BCUT2D eigenvalue weighted by atomic mass is 16.5. The normalized spacial score (nSPS) is 17.8. The summed E-state index contributed by atoms with van der Waals surface area (Å²) in [5.74, 6) is -0.386. The molecular formula is C27H30N3O3+. The number of methoxy groups -OCH3 is 1. The van der Waals surface area contributed by atoms with Crippen LogP contribution in [0.2, 0.25) is 0 Å². The van der Waals surface area contributed by atoms with Gasteiger partial charge in [0.2, 0.25) is 0 Å². The molecule has 1 fully saturated rings. The Morgan fingerprint density at radius 2 is 1.52 bits per heavy atom. The molecule has 3 aromatic carbocycles. The molecule has 2 atom stereocenters. The second kappa shape index (κ2) is 10.9. The van der Waals surface area contributed by atoms with Crippen molar-refractivity contribution in [2.45, 2.75) is 31.0 Å². The minimum absolute atomic E-state index is 0.0152. The van der Waals surface area contributed by atoms with Gasteiger partial charge in [-0.15, -0.1) is 5.01 Å². The van der Waals surface area contributed by atoms with Gasteiger partial charge in [-0.1, -0.05) is 91.0 Å². The number of carbonyl (C=O) groups excluding carboxylic acids is 1. The first-order valence-electron chi connectivity index (χ1n) is 11.4. The van der Waals surface area contributed by atoms with E-state index in [2.05, 4.69) is 17.4 Å². The number of nitroso groups, excluding NO2 is 1. The first-order chi connectivity index (χ1) is 16.2. The highest BCUT2D eigenvalue weighted by Gasteiger charge is 2.48. The topological polar surface area (TPSA) is 61.6 Å². The number of carbonyl (C=O) groups is 1. The van der Waals surface area contributed by atoms with Crippen LogP contribution in [-0.2, 0) is 16.0 Å². The SMILES string of the molecule is COC(=O)C1CC(NCCc2ccccc2)CN1[N+](=O)C(c1ccccc1)c1ccccc1. The summed E-state index contributed by atoms with van der Waals surface area (Å²) in [6, 6.07) is 28.4. The lowest BCUT2D eigenvalue weighted by Crippen LogP contribution is -2.45. The van der Waals surface area contributed by atoms with Crippen molar-refractivity contribution in [3.8, 4) is 0 Å². The summed E-state index contributed by atoms with van der Waals surface area (Å²) in [5, 5.41) is 5.15. The molecule has 0 bridgehead atoms. The molecular weight excluding hydrogens is 414 g/mol. The van der Waals surface area contributed by atoms with Crippen molar-refractivity contribution in [3.63, 3.8) is 0 Å². The van der Waals surface area contributed by atoms with Crippen LogP contribution in [0.15, 0.2) is 91.0 Å². The van der Waals surface area contributed by atoms with E-state index in [0.29, 0.717) is 13.0 Å². The van der Waals surface area contributed by atoms with Crippen molar-refractivity contribution in [1.82, 2.24) is 10.3 Å². The molecule has 1 heterocycles. The summed E-state index contributed by atoms with van der Waals surface area (Å²) < 4.78 is 5.05. The van der Waals surface area contributed by atoms with Crippen molar-refractivity contribution in [2.75, 3.05) is 20.2 Å². The van der Waals surface area contributed by atoms with Crippen LogP contribution < -0.4 is 5.32 Å². The molecule has 1 N–H and O–H groups in total. The van der Waals surface area contributed by atoms with E-state index in [9.17, 15) is 9.70 Å². The zero-order valence-electron chi connectivity index (χ0n) is 18.8. The minimum Gasteiger partial charge on any atom is -0.467 e. The number of hydrazine groups is 1. The van der Waals surface area contributed by atoms with E-state index in [1.54, 1.807) is 5.01 Å². The van der Waals surface area contributed by atoms with E-state index in [0.717, 1.165) is 29.0 Å². The average molecular weight is 445 g/mol. The molecule has 0 amide bonds. The molecule has 0 spiro atoms. The van der Waals surface area contributed by atoms with Crippen LogP contribution in [0.3, 0.4) is 0 Å². The Kier molecular flexibility index (Phi) is 7.47. The maximum Gasteiger partial charge on any atom is 0.334 e. The monoisotopic (exact) mass is 444 g/mol. The van der Waals surface area contributed by atoms with Crippen molar-refractivity contribution < 1.29 is 14.4 Å².